The summed E-state index contributed by atoms with van der Waals surface area (Å²) in [7, 11) is 1.15. The number of hydrogen-bond donors (Lipinski definition) is 1. The fourth-order valence-corrected chi connectivity index (χ4v) is 2.79. The molecule has 2 rings (SSSR count). The van der Waals surface area contributed by atoms with Gasteiger partial charge in [0.25, 0.3) is 0 Å². The molecule has 0 bridgehead atoms. The Hall–Kier alpha value is -2.84. The number of aliphatic hydroxyl groups excluding tert-OH is 1. The monoisotopic (exact) mass is 389 g/mol. The van der Waals surface area contributed by atoms with Crippen LogP contribution >= 0.6 is 11.8 Å². The average molecular weight is 389 g/mol. The fourth-order valence-electron chi connectivity index (χ4n) is 1.97. The SMILES string of the molecule is COC(=O)O/N=C(\C)C(=O)c1ccc(Sc2ccc(OCCO)cc2)cc1. The molecular weight excluding hydrogens is 370 g/mol. The van der Waals surface area contributed by atoms with E-state index in [1.165, 1.54) is 18.7 Å². The number of hydrogen-bond acceptors (Lipinski definition) is 8. The summed E-state index contributed by atoms with van der Waals surface area (Å²) in [5.41, 5.74) is 0.473. The van der Waals surface area contributed by atoms with Gasteiger partial charge in [-0.1, -0.05) is 16.9 Å². The summed E-state index contributed by atoms with van der Waals surface area (Å²) in [6.45, 7) is 1.68. The van der Waals surface area contributed by atoms with Gasteiger partial charge in [-0.15, -0.1) is 0 Å². The van der Waals surface area contributed by atoms with Crippen LogP contribution in [-0.4, -0.2) is 43.1 Å². The van der Waals surface area contributed by atoms with Crippen LogP contribution in [0.15, 0.2) is 63.5 Å². The number of benzene rings is 2. The zero-order chi connectivity index (χ0) is 19.6. The molecule has 2 aromatic carbocycles. The number of nitrogens with zero attached hydrogens (tertiary/aromatic N) is 1. The molecule has 0 heterocycles. The molecule has 0 fully saturated rings. The topological polar surface area (TPSA) is 94.4 Å². The van der Waals surface area contributed by atoms with Gasteiger partial charge in [0, 0.05) is 15.4 Å². The highest BCUT2D eigenvalue weighted by molar-refractivity contribution is 7.99. The third-order valence-corrected chi connectivity index (χ3v) is 4.30. The average Bonchev–Trinajstić information content (AvgIpc) is 2.71. The van der Waals surface area contributed by atoms with Crippen molar-refractivity contribution in [2.75, 3.05) is 20.3 Å². The summed E-state index contributed by atoms with van der Waals surface area (Å²) in [5.74, 6) is 0.346. The lowest BCUT2D eigenvalue weighted by Crippen LogP contribution is -2.12. The van der Waals surface area contributed by atoms with Crippen molar-refractivity contribution in [1.82, 2.24) is 0 Å². The number of rotatable bonds is 8. The molecule has 0 amide bonds. The van der Waals surface area contributed by atoms with E-state index in [0.717, 1.165) is 16.9 Å². The predicted molar refractivity (Wildman–Crippen MR) is 101 cm³/mol. The number of ether oxygens (including phenoxy) is 2. The van der Waals surface area contributed by atoms with E-state index in [-0.39, 0.29) is 24.7 Å². The first-order chi connectivity index (χ1) is 13.0. The highest BCUT2D eigenvalue weighted by Gasteiger charge is 2.12. The quantitative estimate of drug-likeness (QED) is 0.243. The molecule has 27 heavy (non-hydrogen) atoms. The Kier molecular flexibility index (Phi) is 7.84. The molecule has 0 saturated carbocycles. The Morgan fingerprint density at radius 2 is 1.63 bits per heavy atom. The molecule has 0 radical (unpaired) electrons. The maximum Gasteiger partial charge on any atom is 0.534 e. The number of carbonyl (C=O) groups excluding carboxylic acids is 2. The zero-order valence-electron chi connectivity index (χ0n) is 14.9. The van der Waals surface area contributed by atoms with Crippen LogP contribution in [0.25, 0.3) is 0 Å². The summed E-state index contributed by atoms with van der Waals surface area (Å²) in [5, 5.41) is 12.2. The maximum absolute atomic E-state index is 12.2. The number of ketones is 1. The van der Waals surface area contributed by atoms with Crippen LogP contribution in [0, 0.1) is 0 Å². The molecule has 0 unspecified atom stereocenters. The van der Waals surface area contributed by atoms with Crippen LogP contribution in [0.5, 0.6) is 5.75 Å². The van der Waals surface area contributed by atoms with Gasteiger partial charge < -0.3 is 14.6 Å². The van der Waals surface area contributed by atoms with Gasteiger partial charge >= 0.3 is 6.16 Å². The third kappa shape index (κ3) is 6.43. The lowest BCUT2D eigenvalue weighted by molar-refractivity contribution is 0.0748. The number of methoxy groups -OCH3 is 1. The second kappa shape index (κ2) is 10.3. The van der Waals surface area contributed by atoms with Gasteiger partial charge in [-0.2, -0.15) is 0 Å². The van der Waals surface area contributed by atoms with Crippen molar-refractivity contribution in [3.05, 3.63) is 54.1 Å². The van der Waals surface area contributed by atoms with Crippen molar-refractivity contribution in [2.45, 2.75) is 16.7 Å². The van der Waals surface area contributed by atoms with E-state index in [2.05, 4.69) is 14.7 Å². The van der Waals surface area contributed by atoms with Crippen molar-refractivity contribution in [2.24, 2.45) is 5.16 Å². The molecule has 8 heteroatoms. The lowest BCUT2D eigenvalue weighted by Gasteiger charge is -2.06. The van der Waals surface area contributed by atoms with Gasteiger partial charge in [-0.05, 0) is 55.5 Å². The Labute approximate surface area is 160 Å². The molecule has 0 saturated heterocycles. The second-order valence-corrected chi connectivity index (χ2v) is 6.37. The van der Waals surface area contributed by atoms with Crippen LogP contribution in [0.3, 0.4) is 0 Å². The Balaban J connectivity index is 1.98. The summed E-state index contributed by atoms with van der Waals surface area (Å²) in [6, 6.07) is 14.5. The number of oxime groups is 1. The van der Waals surface area contributed by atoms with Gasteiger partial charge in [-0.25, -0.2) is 4.79 Å². The highest BCUT2D eigenvalue weighted by Crippen LogP contribution is 2.29. The van der Waals surface area contributed by atoms with Crippen LogP contribution < -0.4 is 4.74 Å². The van der Waals surface area contributed by atoms with Crippen molar-refractivity contribution < 1.29 is 29.0 Å². The fraction of sp³-hybridized carbons (Fsp3) is 0.211. The number of aliphatic hydroxyl groups is 1. The minimum Gasteiger partial charge on any atom is -0.491 e. The zero-order valence-corrected chi connectivity index (χ0v) is 15.7. The predicted octanol–water partition coefficient (Wildman–Crippen LogP) is 3.55. The summed E-state index contributed by atoms with van der Waals surface area (Å²) >= 11 is 1.53. The summed E-state index contributed by atoms with van der Waals surface area (Å²) < 4.78 is 9.60. The summed E-state index contributed by atoms with van der Waals surface area (Å²) in [4.78, 5) is 29.5. The van der Waals surface area contributed by atoms with Crippen molar-refractivity contribution in [3.63, 3.8) is 0 Å². The molecule has 0 spiro atoms. The molecule has 0 atom stereocenters. The maximum atomic E-state index is 12.2. The van der Waals surface area contributed by atoms with Crippen LogP contribution in [0.1, 0.15) is 17.3 Å². The van der Waals surface area contributed by atoms with Gasteiger partial charge in [-0.3, -0.25) is 9.63 Å². The van der Waals surface area contributed by atoms with Gasteiger partial charge in [0.1, 0.15) is 18.1 Å². The number of carbonyl (C=O) groups is 2. The molecule has 0 aliphatic rings. The normalized spacial score (nSPS) is 11.0. The van der Waals surface area contributed by atoms with E-state index in [9.17, 15) is 9.59 Å². The summed E-state index contributed by atoms with van der Waals surface area (Å²) in [6.07, 6.45) is -0.985. The molecule has 0 aliphatic carbocycles. The van der Waals surface area contributed by atoms with E-state index < -0.39 is 6.16 Å². The van der Waals surface area contributed by atoms with E-state index in [0.29, 0.717) is 11.3 Å². The van der Waals surface area contributed by atoms with Crippen molar-refractivity contribution in [3.8, 4) is 5.75 Å². The lowest BCUT2D eigenvalue weighted by atomic mass is 10.1. The molecule has 2 aromatic rings. The molecule has 1 N–H and O–H groups in total. The molecule has 142 valence electrons. The minimum absolute atomic E-state index is 0.0272. The third-order valence-electron chi connectivity index (χ3n) is 3.29. The van der Waals surface area contributed by atoms with Crippen molar-refractivity contribution in [1.29, 1.82) is 0 Å². The van der Waals surface area contributed by atoms with Crippen LogP contribution in [0.2, 0.25) is 0 Å². The molecular formula is C19H19NO6S. The van der Waals surface area contributed by atoms with Gasteiger partial charge in [0.05, 0.1) is 13.7 Å². The van der Waals surface area contributed by atoms with Crippen LogP contribution in [-0.2, 0) is 9.57 Å². The molecule has 0 aliphatic heterocycles. The van der Waals surface area contributed by atoms with Crippen LogP contribution in [0.4, 0.5) is 4.79 Å². The largest absolute Gasteiger partial charge is 0.534 e. The standard InChI is InChI=1S/C19H19NO6S/c1-13(20-26-19(23)24-2)18(22)14-3-7-16(8-4-14)27-17-9-5-15(6-10-17)25-12-11-21/h3-10,21H,11-12H2,1-2H3/b20-13+. The smallest absolute Gasteiger partial charge is 0.491 e. The molecule has 7 nitrogen and oxygen atoms in total. The van der Waals surface area contributed by atoms with E-state index in [1.54, 1.807) is 12.1 Å². The van der Waals surface area contributed by atoms with Gasteiger partial charge in [0.15, 0.2) is 0 Å². The van der Waals surface area contributed by atoms with E-state index in [4.69, 9.17) is 9.84 Å². The Bertz CT molecular complexity index is 802. The number of Topliss-reactive ketones (excluding diaryl/α,β-unsaturated/α-hetero) is 1. The molecule has 0 aromatic heterocycles. The highest BCUT2D eigenvalue weighted by atomic mass is 32.2. The minimum atomic E-state index is -0.985. The first-order valence-corrected chi connectivity index (χ1v) is 8.81. The first kappa shape index (κ1) is 20.5. The Morgan fingerprint density at radius 1 is 1.04 bits per heavy atom. The van der Waals surface area contributed by atoms with E-state index in [1.807, 2.05) is 36.4 Å². The second-order valence-electron chi connectivity index (χ2n) is 5.22. The van der Waals surface area contributed by atoms with Crippen molar-refractivity contribution >= 4 is 29.4 Å². The van der Waals surface area contributed by atoms with E-state index >= 15 is 0 Å². The first-order valence-electron chi connectivity index (χ1n) is 7.99. The Morgan fingerprint density at radius 3 is 2.19 bits per heavy atom. The van der Waals surface area contributed by atoms with Gasteiger partial charge in [0.2, 0.25) is 5.78 Å².